The van der Waals surface area contributed by atoms with Crippen molar-refractivity contribution in [1.82, 2.24) is 9.13 Å². The summed E-state index contributed by atoms with van der Waals surface area (Å²) in [6.45, 7) is 3.57. The van der Waals surface area contributed by atoms with E-state index in [-0.39, 0.29) is 5.91 Å². The quantitative estimate of drug-likeness (QED) is 0.525. The maximum Gasteiger partial charge on any atom is 0.336 e. The highest BCUT2D eigenvalue weighted by Crippen LogP contribution is 2.18. The van der Waals surface area contributed by atoms with Gasteiger partial charge in [-0.15, -0.1) is 0 Å². The molecular formula is C25H23N3O4. The van der Waals surface area contributed by atoms with E-state index in [0.717, 1.165) is 10.1 Å². The summed E-state index contributed by atoms with van der Waals surface area (Å²) < 4.78 is 7.61. The molecule has 7 nitrogen and oxygen atoms in total. The van der Waals surface area contributed by atoms with Gasteiger partial charge in [-0.05, 0) is 67.9 Å². The number of ether oxygens (including phenoxy) is 1. The number of aryl methyl sites for hydroxylation is 1. The zero-order chi connectivity index (χ0) is 22.8. The van der Waals surface area contributed by atoms with Crippen LogP contribution in [0.5, 0.6) is 5.75 Å². The van der Waals surface area contributed by atoms with Gasteiger partial charge >= 0.3 is 5.69 Å². The minimum Gasteiger partial charge on any atom is -0.497 e. The summed E-state index contributed by atoms with van der Waals surface area (Å²) in [4.78, 5) is 39.8. The van der Waals surface area contributed by atoms with Crippen molar-refractivity contribution in [3.63, 3.8) is 0 Å². The minimum atomic E-state index is -0.863. The first-order valence-corrected chi connectivity index (χ1v) is 10.2. The van der Waals surface area contributed by atoms with E-state index < -0.39 is 17.3 Å². The molecule has 1 amide bonds. The molecule has 7 heteroatoms. The summed E-state index contributed by atoms with van der Waals surface area (Å²) >= 11 is 0. The molecule has 1 aromatic heterocycles. The number of fused-ring (bicyclic) bond motifs is 1. The lowest BCUT2D eigenvalue weighted by Gasteiger charge is -2.20. The Kier molecular flexibility index (Phi) is 5.64. The monoisotopic (exact) mass is 429 g/mol. The highest BCUT2D eigenvalue weighted by molar-refractivity contribution is 5.94. The van der Waals surface area contributed by atoms with Crippen LogP contribution in [-0.2, 0) is 4.79 Å². The molecule has 0 fully saturated rings. The van der Waals surface area contributed by atoms with Crippen molar-refractivity contribution in [2.45, 2.75) is 19.9 Å². The molecule has 3 aromatic carbocycles. The summed E-state index contributed by atoms with van der Waals surface area (Å²) in [7, 11) is 1.54. The summed E-state index contributed by atoms with van der Waals surface area (Å²) in [5, 5.41) is 3.20. The first kappa shape index (κ1) is 21.1. The van der Waals surface area contributed by atoms with Gasteiger partial charge in [0, 0.05) is 5.69 Å². The van der Waals surface area contributed by atoms with Crippen LogP contribution in [0.1, 0.15) is 18.5 Å². The van der Waals surface area contributed by atoms with Gasteiger partial charge in [0.05, 0.1) is 23.7 Å². The predicted molar refractivity (Wildman–Crippen MR) is 125 cm³/mol. The minimum absolute atomic E-state index is 0.345. The van der Waals surface area contributed by atoms with Crippen molar-refractivity contribution < 1.29 is 9.53 Å². The van der Waals surface area contributed by atoms with E-state index in [4.69, 9.17) is 4.74 Å². The molecular weight excluding hydrogens is 406 g/mol. The molecule has 0 aliphatic heterocycles. The Balaban J connectivity index is 1.87. The average Bonchev–Trinajstić information content (AvgIpc) is 2.79. The maximum absolute atomic E-state index is 13.5. The second-order valence-electron chi connectivity index (χ2n) is 7.54. The average molecular weight is 429 g/mol. The van der Waals surface area contributed by atoms with E-state index in [1.54, 1.807) is 68.6 Å². The van der Waals surface area contributed by atoms with Gasteiger partial charge in [-0.3, -0.25) is 14.2 Å². The Morgan fingerprint density at radius 2 is 1.69 bits per heavy atom. The van der Waals surface area contributed by atoms with Crippen molar-refractivity contribution in [2.24, 2.45) is 0 Å². The Hall–Kier alpha value is -4.13. The molecule has 1 N–H and O–H groups in total. The molecule has 4 rings (SSSR count). The molecule has 162 valence electrons. The lowest BCUT2D eigenvalue weighted by atomic mass is 10.2. The van der Waals surface area contributed by atoms with Crippen molar-refractivity contribution in [2.75, 3.05) is 12.4 Å². The van der Waals surface area contributed by atoms with Crippen LogP contribution in [0.25, 0.3) is 16.6 Å². The topological polar surface area (TPSA) is 82.3 Å². The third kappa shape index (κ3) is 3.80. The number of para-hydroxylation sites is 1. The Morgan fingerprint density at radius 3 is 2.38 bits per heavy atom. The predicted octanol–water partition coefficient (Wildman–Crippen LogP) is 3.67. The van der Waals surface area contributed by atoms with Crippen LogP contribution in [0.4, 0.5) is 5.69 Å². The van der Waals surface area contributed by atoms with Crippen LogP contribution >= 0.6 is 0 Å². The highest BCUT2D eigenvalue weighted by atomic mass is 16.5. The Morgan fingerprint density at radius 1 is 0.969 bits per heavy atom. The number of carbonyl (C=O) groups is 1. The van der Waals surface area contributed by atoms with Crippen LogP contribution in [0.15, 0.2) is 82.4 Å². The van der Waals surface area contributed by atoms with E-state index in [1.165, 1.54) is 4.57 Å². The number of benzene rings is 3. The van der Waals surface area contributed by atoms with Gasteiger partial charge in [0.15, 0.2) is 0 Å². The van der Waals surface area contributed by atoms with Crippen molar-refractivity contribution in [3.8, 4) is 11.4 Å². The molecule has 0 saturated heterocycles. The first-order valence-electron chi connectivity index (χ1n) is 10.2. The van der Waals surface area contributed by atoms with Gasteiger partial charge in [0.25, 0.3) is 5.56 Å². The Bertz CT molecular complexity index is 1420. The van der Waals surface area contributed by atoms with E-state index in [9.17, 15) is 14.4 Å². The van der Waals surface area contributed by atoms with Crippen molar-refractivity contribution >= 4 is 22.5 Å². The lowest BCUT2D eigenvalue weighted by Crippen LogP contribution is -2.42. The van der Waals surface area contributed by atoms with E-state index in [1.807, 2.05) is 25.1 Å². The summed E-state index contributed by atoms with van der Waals surface area (Å²) in [6, 6.07) is 20.0. The molecule has 1 atom stereocenters. The first-order chi connectivity index (χ1) is 15.4. The molecule has 0 aliphatic rings. The number of hydrogen-bond acceptors (Lipinski definition) is 4. The van der Waals surface area contributed by atoms with Gasteiger partial charge in [0.2, 0.25) is 5.91 Å². The number of amides is 1. The standard InChI is InChI=1S/C25H23N3O4/c1-16-7-6-8-18(15-16)26-23(29)17(2)27-22-10-5-4-9-21(22)24(30)28(25(27)31)19-11-13-20(32-3)14-12-19/h4-15,17H,1-3H3,(H,26,29). The number of aromatic nitrogens is 2. The summed E-state index contributed by atoms with van der Waals surface area (Å²) in [5.74, 6) is 0.247. The van der Waals surface area contributed by atoms with E-state index in [2.05, 4.69) is 5.32 Å². The second-order valence-corrected chi connectivity index (χ2v) is 7.54. The van der Waals surface area contributed by atoms with Gasteiger partial charge in [-0.1, -0.05) is 24.3 Å². The van der Waals surface area contributed by atoms with Crippen LogP contribution in [-0.4, -0.2) is 22.2 Å². The third-order valence-corrected chi connectivity index (χ3v) is 5.38. The second kappa shape index (κ2) is 8.55. The fourth-order valence-corrected chi connectivity index (χ4v) is 3.70. The van der Waals surface area contributed by atoms with Gasteiger partial charge in [-0.25, -0.2) is 9.36 Å². The fourth-order valence-electron chi connectivity index (χ4n) is 3.70. The number of methoxy groups -OCH3 is 1. The lowest BCUT2D eigenvalue weighted by molar-refractivity contribution is -0.118. The van der Waals surface area contributed by atoms with Gasteiger partial charge in [0.1, 0.15) is 11.8 Å². The third-order valence-electron chi connectivity index (χ3n) is 5.38. The fraction of sp³-hybridized carbons (Fsp3) is 0.160. The van der Waals surface area contributed by atoms with Crippen LogP contribution in [0, 0.1) is 6.92 Å². The van der Waals surface area contributed by atoms with Gasteiger partial charge < -0.3 is 10.1 Å². The molecule has 0 spiro atoms. The number of anilines is 1. The summed E-state index contributed by atoms with van der Waals surface area (Å²) in [6.07, 6.45) is 0. The normalized spacial score (nSPS) is 11.8. The molecule has 4 aromatic rings. The Labute approximate surface area is 184 Å². The zero-order valence-electron chi connectivity index (χ0n) is 18.0. The van der Waals surface area contributed by atoms with Crippen LogP contribution in [0.2, 0.25) is 0 Å². The van der Waals surface area contributed by atoms with Gasteiger partial charge in [-0.2, -0.15) is 0 Å². The largest absolute Gasteiger partial charge is 0.497 e. The number of carbonyl (C=O) groups excluding carboxylic acids is 1. The van der Waals surface area contributed by atoms with Crippen LogP contribution < -0.4 is 21.3 Å². The van der Waals surface area contributed by atoms with Crippen molar-refractivity contribution in [1.29, 1.82) is 0 Å². The van der Waals surface area contributed by atoms with Crippen molar-refractivity contribution in [3.05, 3.63) is 99.2 Å². The molecule has 0 radical (unpaired) electrons. The van der Waals surface area contributed by atoms with Crippen LogP contribution in [0.3, 0.4) is 0 Å². The molecule has 1 unspecified atom stereocenters. The molecule has 32 heavy (non-hydrogen) atoms. The summed E-state index contributed by atoms with van der Waals surface area (Å²) in [5.41, 5.74) is 1.41. The highest BCUT2D eigenvalue weighted by Gasteiger charge is 2.23. The molecule has 1 heterocycles. The number of nitrogens with zero attached hydrogens (tertiary/aromatic N) is 2. The number of nitrogens with one attached hydrogen (secondary N) is 1. The zero-order valence-corrected chi connectivity index (χ0v) is 18.0. The van der Waals surface area contributed by atoms with E-state index >= 15 is 0 Å². The van der Waals surface area contributed by atoms with E-state index in [0.29, 0.717) is 28.0 Å². The smallest absolute Gasteiger partial charge is 0.336 e. The number of hydrogen-bond donors (Lipinski definition) is 1. The molecule has 0 bridgehead atoms. The maximum atomic E-state index is 13.5. The number of rotatable bonds is 5. The molecule has 0 aliphatic carbocycles. The SMILES string of the molecule is COc1ccc(-n2c(=O)c3ccccc3n(C(C)C(=O)Nc3cccc(C)c3)c2=O)cc1. The molecule has 0 saturated carbocycles.